The Morgan fingerprint density at radius 1 is 1.39 bits per heavy atom. The summed E-state index contributed by atoms with van der Waals surface area (Å²) in [7, 11) is 0. The first-order valence-electron chi connectivity index (χ1n) is 9.57. The predicted octanol–water partition coefficient (Wildman–Crippen LogP) is 6.21. The Morgan fingerprint density at radius 3 is 2.93 bits per heavy atom. The van der Waals surface area contributed by atoms with Gasteiger partial charge in [0.25, 0.3) is 0 Å². The van der Waals surface area contributed by atoms with Crippen molar-refractivity contribution in [3.05, 3.63) is 64.1 Å². The highest BCUT2D eigenvalue weighted by atomic mass is 35.5. The van der Waals surface area contributed by atoms with Crippen LogP contribution in [0.25, 0.3) is 5.70 Å². The van der Waals surface area contributed by atoms with Gasteiger partial charge in [0.15, 0.2) is 0 Å². The van der Waals surface area contributed by atoms with Gasteiger partial charge in [-0.15, -0.1) is 0 Å². The van der Waals surface area contributed by atoms with Crippen molar-refractivity contribution >= 4 is 29.2 Å². The number of allylic oxidation sites excluding steroid dienone is 3. The maximum atomic E-state index is 13.8. The topological polar surface area (TPSA) is 41.6 Å². The van der Waals surface area contributed by atoms with Crippen LogP contribution in [-0.2, 0) is 13.0 Å². The van der Waals surface area contributed by atoms with Gasteiger partial charge in [0.2, 0.25) is 5.89 Å². The molecule has 1 aliphatic heterocycles. The number of aryl methyl sites for hydroxylation is 1. The lowest BCUT2D eigenvalue weighted by Gasteiger charge is -2.22. The molecule has 2 heterocycles. The van der Waals surface area contributed by atoms with E-state index in [2.05, 4.69) is 16.8 Å². The third-order valence-electron chi connectivity index (χ3n) is 4.78. The van der Waals surface area contributed by atoms with Crippen LogP contribution in [0.4, 0.5) is 10.1 Å². The molecule has 1 aromatic carbocycles. The quantitative estimate of drug-likeness (QED) is 0.559. The largest absolute Gasteiger partial charge is 0.440 e. The lowest BCUT2D eigenvalue weighted by atomic mass is 10.2. The van der Waals surface area contributed by atoms with Crippen molar-refractivity contribution in [2.45, 2.75) is 46.6 Å². The summed E-state index contributed by atoms with van der Waals surface area (Å²) in [6, 6.07) is 4.60. The van der Waals surface area contributed by atoms with Gasteiger partial charge in [0.1, 0.15) is 23.0 Å². The Balaban J connectivity index is 1.93. The zero-order valence-corrected chi connectivity index (χ0v) is 17.3. The van der Waals surface area contributed by atoms with Crippen LogP contribution >= 0.6 is 11.6 Å². The molecule has 1 aliphatic rings. The third-order valence-corrected chi connectivity index (χ3v) is 5.00. The molecule has 0 saturated carbocycles. The van der Waals surface area contributed by atoms with Crippen molar-refractivity contribution < 1.29 is 8.81 Å². The molecule has 0 saturated heterocycles. The fourth-order valence-electron chi connectivity index (χ4n) is 3.16. The Bertz CT molecular complexity index is 910. The minimum Gasteiger partial charge on any atom is -0.440 e. The third kappa shape index (κ3) is 4.71. The van der Waals surface area contributed by atoms with Crippen molar-refractivity contribution in [2.24, 2.45) is 4.99 Å². The van der Waals surface area contributed by atoms with E-state index in [1.54, 1.807) is 12.3 Å². The highest BCUT2D eigenvalue weighted by Gasteiger charge is 2.23. The first kappa shape index (κ1) is 20.3. The van der Waals surface area contributed by atoms with E-state index >= 15 is 0 Å². The molecule has 0 aliphatic carbocycles. The molecule has 6 heteroatoms. The van der Waals surface area contributed by atoms with E-state index in [1.807, 2.05) is 26.0 Å². The number of halogens is 2. The number of oxazole rings is 1. The number of aromatic nitrogens is 1. The molecule has 0 spiro atoms. The second-order valence-electron chi connectivity index (χ2n) is 6.83. The number of nitrogens with zero attached hydrogens (tertiary/aromatic N) is 3. The van der Waals surface area contributed by atoms with Gasteiger partial charge < -0.3 is 9.32 Å². The average molecular weight is 402 g/mol. The molecular formula is C22H25ClFN3O. The lowest BCUT2D eigenvalue weighted by Crippen LogP contribution is -2.23. The van der Waals surface area contributed by atoms with Gasteiger partial charge in [-0.2, -0.15) is 0 Å². The van der Waals surface area contributed by atoms with Crippen molar-refractivity contribution in [3.63, 3.8) is 0 Å². The van der Waals surface area contributed by atoms with E-state index < -0.39 is 0 Å². The Morgan fingerprint density at radius 2 is 2.21 bits per heavy atom. The second-order valence-corrected chi connectivity index (χ2v) is 7.26. The van der Waals surface area contributed by atoms with Gasteiger partial charge in [-0.05, 0) is 56.5 Å². The zero-order chi connectivity index (χ0) is 20.1. The van der Waals surface area contributed by atoms with Gasteiger partial charge in [-0.3, -0.25) is 4.99 Å². The molecule has 148 valence electrons. The molecule has 0 unspecified atom stereocenters. The van der Waals surface area contributed by atoms with Crippen LogP contribution in [0.1, 0.15) is 51.0 Å². The van der Waals surface area contributed by atoms with Crippen LogP contribution in [0, 0.1) is 5.82 Å². The highest BCUT2D eigenvalue weighted by Crippen LogP contribution is 2.30. The Hall–Kier alpha value is -2.40. The van der Waals surface area contributed by atoms with Gasteiger partial charge in [0, 0.05) is 29.9 Å². The number of fused-ring (bicyclic) bond motifs is 1. The van der Waals surface area contributed by atoms with Crippen molar-refractivity contribution in [2.75, 3.05) is 11.4 Å². The van der Waals surface area contributed by atoms with Crippen LogP contribution in [-0.4, -0.2) is 17.7 Å². The summed E-state index contributed by atoms with van der Waals surface area (Å²) in [6.45, 7) is 7.41. The molecule has 0 bridgehead atoms. The van der Waals surface area contributed by atoms with Gasteiger partial charge in [-0.25, -0.2) is 9.37 Å². The Labute approximate surface area is 170 Å². The SMILES string of the molecule is C/C=C\C=NC(=C(C)CC)c1nc2c(o1)CCCN(c1cc(F)cc(Cl)c1)C2. The summed E-state index contributed by atoms with van der Waals surface area (Å²) < 4.78 is 19.9. The molecule has 0 atom stereocenters. The van der Waals surface area contributed by atoms with Crippen molar-refractivity contribution in [1.29, 1.82) is 0 Å². The number of aliphatic imine (C=N–C) groups is 1. The van der Waals surface area contributed by atoms with Crippen LogP contribution in [0.5, 0.6) is 0 Å². The van der Waals surface area contributed by atoms with E-state index in [-0.39, 0.29) is 5.82 Å². The van der Waals surface area contributed by atoms with Crippen LogP contribution in [0.15, 0.2) is 45.3 Å². The summed E-state index contributed by atoms with van der Waals surface area (Å²) in [5, 5.41) is 0.391. The van der Waals surface area contributed by atoms with Gasteiger partial charge in [0.05, 0.1) is 6.54 Å². The summed E-state index contributed by atoms with van der Waals surface area (Å²) in [4.78, 5) is 11.4. The fourth-order valence-corrected chi connectivity index (χ4v) is 3.37. The fraction of sp³-hybridized carbons (Fsp3) is 0.364. The summed E-state index contributed by atoms with van der Waals surface area (Å²) >= 11 is 6.04. The number of hydrogen-bond donors (Lipinski definition) is 0. The summed E-state index contributed by atoms with van der Waals surface area (Å²) in [6.07, 6.45) is 8.11. The predicted molar refractivity (Wildman–Crippen MR) is 113 cm³/mol. The van der Waals surface area contributed by atoms with E-state index in [4.69, 9.17) is 21.0 Å². The van der Waals surface area contributed by atoms with E-state index in [1.165, 1.54) is 12.1 Å². The summed E-state index contributed by atoms with van der Waals surface area (Å²) in [5.41, 5.74) is 3.52. The van der Waals surface area contributed by atoms with Crippen LogP contribution in [0.2, 0.25) is 5.02 Å². The van der Waals surface area contributed by atoms with Crippen LogP contribution in [0.3, 0.4) is 0 Å². The van der Waals surface area contributed by atoms with Crippen molar-refractivity contribution in [1.82, 2.24) is 4.98 Å². The summed E-state index contributed by atoms with van der Waals surface area (Å²) in [5.74, 6) is 1.08. The number of hydrogen-bond acceptors (Lipinski definition) is 4. The van der Waals surface area contributed by atoms with Gasteiger partial charge >= 0.3 is 0 Å². The van der Waals surface area contributed by atoms with E-state index in [0.717, 1.165) is 54.2 Å². The average Bonchev–Trinajstić information content (AvgIpc) is 2.94. The number of benzene rings is 1. The molecule has 4 nitrogen and oxygen atoms in total. The highest BCUT2D eigenvalue weighted by molar-refractivity contribution is 6.30. The lowest BCUT2D eigenvalue weighted by molar-refractivity contribution is 0.486. The minimum absolute atomic E-state index is 0.338. The molecule has 28 heavy (non-hydrogen) atoms. The first-order valence-corrected chi connectivity index (χ1v) is 9.94. The maximum Gasteiger partial charge on any atom is 0.245 e. The molecule has 1 aromatic heterocycles. The molecule has 0 N–H and O–H groups in total. The molecule has 0 fully saturated rings. The maximum absolute atomic E-state index is 13.8. The molecule has 3 rings (SSSR count). The number of anilines is 1. The standard InChI is InChI=1S/C22H25ClFN3O/c1-4-6-9-25-21(15(3)5-2)22-26-19-14-27(10-7-8-20(19)28-22)18-12-16(23)11-17(24)13-18/h4,6,9,11-13H,5,7-8,10,14H2,1-3H3/b6-4-,21-15?,25-9?. The minimum atomic E-state index is -0.338. The number of rotatable bonds is 5. The second kappa shape index (κ2) is 9.20. The smallest absolute Gasteiger partial charge is 0.245 e. The molecule has 2 aromatic rings. The van der Waals surface area contributed by atoms with Crippen molar-refractivity contribution in [3.8, 4) is 0 Å². The molecular weight excluding hydrogens is 377 g/mol. The van der Waals surface area contributed by atoms with Gasteiger partial charge in [-0.1, -0.05) is 24.6 Å². The van der Waals surface area contributed by atoms with E-state index in [9.17, 15) is 4.39 Å². The van der Waals surface area contributed by atoms with Crippen LogP contribution < -0.4 is 4.90 Å². The normalized spacial score (nSPS) is 15.8. The van der Waals surface area contributed by atoms with E-state index in [0.29, 0.717) is 17.5 Å². The monoisotopic (exact) mass is 401 g/mol. The molecule has 0 amide bonds. The molecule has 0 radical (unpaired) electrons. The Kier molecular flexibility index (Phi) is 6.68. The first-order chi connectivity index (χ1) is 13.5. The zero-order valence-electron chi connectivity index (χ0n) is 16.5.